The smallest absolute Gasteiger partial charge is 0.265 e. The van der Waals surface area contributed by atoms with Crippen molar-refractivity contribution in [2.45, 2.75) is 33.1 Å². The Morgan fingerprint density at radius 1 is 1.38 bits per heavy atom. The Balaban J connectivity index is 1.42. The normalized spacial score (nSPS) is 17.6. The van der Waals surface area contributed by atoms with E-state index in [9.17, 15) is 4.79 Å². The molecular weight excluding hydrogens is 368 g/mol. The highest BCUT2D eigenvalue weighted by molar-refractivity contribution is 7.13. The Kier molecular flexibility index (Phi) is 4.86. The fraction of sp³-hybridized carbons (Fsp3) is 0.444. The molecule has 4 rings (SSSR count). The van der Waals surface area contributed by atoms with Gasteiger partial charge in [0.25, 0.3) is 5.91 Å². The molecule has 0 aliphatic carbocycles. The van der Waals surface area contributed by atoms with Gasteiger partial charge in [-0.3, -0.25) is 4.79 Å². The van der Waals surface area contributed by atoms with E-state index in [1.165, 1.54) is 11.3 Å². The lowest BCUT2D eigenvalue weighted by molar-refractivity contribution is 0.0672. The Morgan fingerprint density at radius 3 is 3.00 bits per heavy atom. The molecule has 3 aromatic heterocycles. The summed E-state index contributed by atoms with van der Waals surface area (Å²) in [5, 5.41) is 9.02. The molecule has 1 saturated heterocycles. The number of amides is 1. The van der Waals surface area contributed by atoms with Gasteiger partial charge in [0.05, 0.1) is 10.7 Å². The molecule has 1 aliphatic heterocycles. The highest BCUT2D eigenvalue weighted by atomic mass is 32.1. The highest BCUT2D eigenvalue weighted by Crippen LogP contribution is 2.26. The number of likely N-dealkylation sites (tertiary alicyclic amines) is 1. The molecule has 0 bridgehead atoms. The van der Waals surface area contributed by atoms with Gasteiger partial charge in [-0.15, -0.1) is 11.3 Å². The lowest BCUT2D eigenvalue weighted by Crippen LogP contribution is -2.40. The number of aryl methyl sites for hydroxylation is 2. The van der Waals surface area contributed by atoms with Gasteiger partial charge in [0.15, 0.2) is 0 Å². The van der Waals surface area contributed by atoms with Crippen LogP contribution in [0.15, 0.2) is 21.3 Å². The molecule has 0 aromatic carbocycles. The maximum Gasteiger partial charge on any atom is 0.265 e. The van der Waals surface area contributed by atoms with Gasteiger partial charge in [0.1, 0.15) is 4.88 Å². The quantitative estimate of drug-likeness (QED) is 0.676. The molecule has 1 amide bonds. The van der Waals surface area contributed by atoms with E-state index in [2.05, 4.69) is 15.1 Å². The molecule has 1 aliphatic rings. The van der Waals surface area contributed by atoms with E-state index in [0.717, 1.165) is 47.1 Å². The topological polar surface area (TPSA) is 72.1 Å². The van der Waals surface area contributed by atoms with E-state index < -0.39 is 0 Å². The van der Waals surface area contributed by atoms with Crippen LogP contribution in [-0.4, -0.2) is 39.0 Å². The third kappa shape index (κ3) is 3.57. The van der Waals surface area contributed by atoms with Crippen LogP contribution in [0.25, 0.3) is 11.4 Å². The van der Waals surface area contributed by atoms with Crippen molar-refractivity contribution >= 4 is 28.6 Å². The van der Waals surface area contributed by atoms with E-state index >= 15 is 0 Å². The predicted molar refractivity (Wildman–Crippen MR) is 102 cm³/mol. The van der Waals surface area contributed by atoms with Gasteiger partial charge in [0, 0.05) is 30.5 Å². The number of hydrogen-bond donors (Lipinski definition) is 0. The fourth-order valence-corrected chi connectivity index (χ4v) is 4.91. The first kappa shape index (κ1) is 17.4. The molecule has 1 fully saturated rings. The number of aromatic nitrogens is 3. The summed E-state index contributed by atoms with van der Waals surface area (Å²) in [6.45, 7) is 5.37. The Hall–Kier alpha value is -2.06. The lowest BCUT2D eigenvalue weighted by Gasteiger charge is -2.32. The second kappa shape index (κ2) is 7.28. The molecule has 8 heteroatoms. The van der Waals surface area contributed by atoms with Crippen molar-refractivity contribution in [1.29, 1.82) is 0 Å². The zero-order chi connectivity index (χ0) is 18.1. The molecule has 0 N–H and O–H groups in total. The molecule has 0 radical (unpaired) electrons. The van der Waals surface area contributed by atoms with E-state index in [0.29, 0.717) is 24.1 Å². The summed E-state index contributed by atoms with van der Waals surface area (Å²) < 4.78 is 5.43. The van der Waals surface area contributed by atoms with Crippen molar-refractivity contribution < 1.29 is 9.32 Å². The van der Waals surface area contributed by atoms with E-state index in [1.54, 1.807) is 11.3 Å². The van der Waals surface area contributed by atoms with Crippen LogP contribution in [0.1, 0.15) is 39.1 Å². The largest absolute Gasteiger partial charge is 0.339 e. The molecule has 0 spiro atoms. The summed E-state index contributed by atoms with van der Waals surface area (Å²) in [4.78, 5) is 24.4. The zero-order valence-corrected chi connectivity index (χ0v) is 16.4. The average Bonchev–Trinajstić information content (AvgIpc) is 3.35. The highest BCUT2D eigenvalue weighted by Gasteiger charge is 2.28. The van der Waals surface area contributed by atoms with Gasteiger partial charge >= 0.3 is 0 Å². The van der Waals surface area contributed by atoms with Gasteiger partial charge in [0.2, 0.25) is 11.7 Å². The van der Waals surface area contributed by atoms with Crippen LogP contribution in [0.2, 0.25) is 0 Å². The van der Waals surface area contributed by atoms with Gasteiger partial charge in [-0.1, -0.05) is 5.16 Å². The predicted octanol–water partition coefficient (Wildman–Crippen LogP) is 3.97. The summed E-state index contributed by atoms with van der Waals surface area (Å²) in [7, 11) is 0. The Bertz CT molecular complexity index is 900. The van der Waals surface area contributed by atoms with Crippen LogP contribution in [0, 0.1) is 19.8 Å². The van der Waals surface area contributed by atoms with Crippen LogP contribution in [0.5, 0.6) is 0 Å². The Morgan fingerprint density at radius 2 is 2.27 bits per heavy atom. The summed E-state index contributed by atoms with van der Waals surface area (Å²) in [6, 6.07) is 1.99. The number of carbonyl (C=O) groups excluding carboxylic acids is 1. The van der Waals surface area contributed by atoms with E-state index in [-0.39, 0.29) is 5.91 Å². The molecule has 0 saturated carbocycles. The number of piperidine rings is 1. The van der Waals surface area contributed by atoms with Crippen molar-refractivity contribution in [3.05, 3.63) is 38.3 Å². The van der Waals surface area contributed by atoms with Gasteiger partial charge in [-0.2, -0.15) is 16.3 Å². The number of carbonyl (C=O) groups is 1. The van der Waals surface area contributed by atoms with E-state index in [4.69, 9.17) is 4.52 Å². The van der Waals surface area contributed by atoms with Crippen LogP contribution in [-0.2, 0) is 6.42 Å². The van der Waals surface area contributed by atoms with Crippen molar-refractivity contribution in [2.75, 3.05) is 13.1 Å². The number of thiophene rings is 1. The third-order valence-corrected chi connectivity index (χ3v) is 6.36. The minimum atomic E-state index is 0.0993. The van der Waals surface area contributed by atoms with Crippen LogP contribution >= 0.6 is 22.7 Å². The zero-order valence-electron chi connectivity index (χ0n) is 14.8. The lowest BCUT2D eigenvalue weighted by atomic mass is 9.94. The van der Waals surface area contributed by atoms with Gasteiger partial charge < -0.3 is 9.42 Å². The van der Waals surface area contributed by atoms with Crippen molar-refractivity contribution in [1.82, 2.24) is 20.0 Å². The van der Waals surface area contributed by atoms with Crippen molar-refractivity contribution in [3.63, 3.8) is 0 Å². The average molecular weight is 389 g/mol. The molecule has 136 valence electrons. The summed E-state index contributed by atoms with van der Waals surface area (Å²) in [6.07, 6.45) is 2.78. The minimum absolute atomic E-state index is 0.0993. The maximum absolute atomic E-state index is 12.8. The number of thiazole rings is 1. The molecule has 3 aromatic rings. The number of nitrogens with zero attached hydrogens (tertiary/aromatic N) is 4. The monoisotopic (exact) mass is 388 g/mol. The summed E-state index contributed by atoms with van der Waals surface area (Å²) in [5.74, 6) is 1.73. The Labute approximate surface area is 159 Å². The van der Waals surface area contributed by atoms with Crippen LogP contribution in [0.3, 0.4) is 0 Å². The first-order valence-corrected chi connectivity index (χ1v) is 10.4. The molecule has 26 heavy (non-hydrogen) atoms. The molecule has 1 unspecified atom stereocenters. The first-order valence-electron chi connectivity index (χ1n) is 8.68. The fourth-order valence-electron chi connectivity index (χ4n) is 3.38. The molecule has 6 nitrogen and oxygen atoms in total. The minimum Gasteiger partial charge on any atom is -0.339 e. The summed E-state index contributed by atoms with van der Waals surface area (Å²) >= 11 is 3.09. The van der Waals surface area contributed by atoms with Crippen LogP contribution in [0.4, 0.5) is 0 Å². The second-order valence-corrected chi connectivity index (χ2v) is 8.62. The number of rotatable bonds is 4. The van der Waals surface area contributed by atoms with E-state index in [1.807, 2.05) is 35.6 Å². The molecule has 4 heterocycles. The van der Waals surface area contributed by atoms with Crippen molar-refractivity contribution in [3.8, 4) is 11.4 Å². The number of hydrogen-bond acceptors (Lipinski definition) is 7. The standard InChI is InChI=1S/C18H20N4O2S2/c1-11-16(26-12(2)19-11)18(23)22-6-3-4-13(9-22)8-15-20-17(21-24-15)14-5-7-25-10-14/h5,7,10,13H,3-4,6,8-9H2,1-2H3. The maximum atomic E-state index is 12.8. The summed E-state index contributed by atoms with van der Waals surface area (Å²) in [5.41, 5.74) is 1.82. The van der Waals surface area contributed by atoms with Crippen LogP contribution < -0.4 is 0 Å². The third-order valence-electron chi connectivity index (χ3n) is 4.61. The van der Waals surface area contributed by atoms with Gasteiger partial charge in [-0.05, 0) is 44.1 Å². The SMILES string of the molecule is Cc1nc(C)c(C(=O)N2CCCC(Cc3nc(-c4ccsc4)no3)C2)s1. The van der Waals surface area contributed by atoms with Gasteiger partial charge in [-0.25, -0.2) is 4.98 Å². The van der Waals surface area contributed by atoms with Crippen molar-refractivity contribution in [2.24, 2.45) is 5.92 Å². The second-order valence-electron chi connectivity index (χ2n) is 6.63. The molecule has 1 atom stereocenters. The first-order chi connectivity index (χ1) is 12.6. The molecular formula is C18H20N4O2S2.